The van der Waals surface area contributed by atoms with Crippen molar-refractivity contribution in [2.75, 3.05) is 12.3 Å². The first-order valence-electron chi connectivity index (χ1n) is 7.93. The topological polar surface area (TPSA) is 29.3 Å². The Labute approximate surface area is 117 Å². The molecular weight excluding hydrogens is 232 g/mol. The third-order valence-corrected chi connectivity index (χ3v) is 4.91. The van der Waals surface area contributed by atoms with E-state index in [1.807, 2.05) is 0 Å². The van der Waals surface area contributed by atoms with Gasteiger partial charge >= 0.3 is 0 Å². The van der Waals surface area contributed by atoms with E-state index in [2.05, 4.69) is 30.0 Å². The summed E-state index contributed by atoms with van der Waals surface area (Å²) in [6.45, 7) is 3.61. The highest BCUT2D eigenvalue weighted by Gasteiger charge is 2.33. The van der Waals surface area contributed by atoms with Crippen molar-refractivity contribution < 1.29 is 0 Å². The first-order chi connectivity index (χ1) is 9.29. The second-order valence-corrected chi connectivity index (χ2v) is 6.19. The van der Waals surface area contributed by atoms with Gasteiger partial charge in [-0.3, -0.25) is 4.90 Å². The van der Waals surface area contributed by atoms with Gasteiger partial charge < -0.3 is 5.73 Å². The zero-order chi connectivity index (χ0) is 13.2. The van der Waals surface area contributed by atoms with Crippen molar-refractivity contribution in [1.29, 1.82) is 0 Å². The van der Waals surface area contributed by atoms with Gasteiger partial charge in [0.2, 0.25) is 0 Å². The van der Waals surface area contributed by atoms with Crippen LogP contribution in [0.4, 0.5) is 5.69 Å². The van der Waals surface area contributed by atoms with Crippen LogP contribution in [0, 0.1) is 0 Å². The minimum atomic E-state index is 0.660. The van der Waals surface area contributed by atoms with Gasteiger partial charge in [-0.25, -0.2) is 0 Å². The molecule has 0 saturated carbocycles. The number of hydrogen-bond donors (Lipinski definition) is 1. The molecule has 0 bridgehead atoms. The molecule has 1 saturated heterocycles. The fraction of sp³-hybridized carbons (Fsp3) is 0.647. The van der Waals surface area contributed by atoms with Crippen LogP contribution in [0.15, 0.2) is 18.2 Å². The number of fused-ring (bicyclic) bond motifs is 1. The fourth-order valence-corrected chi connectivity index (χ4v) is 4.04. The Morgan fingerprint density at radius 2 is 2.16 bits per heavy atom. The van der Waals surface area contributed by atoms with Gasteiger partial charge in [-0.15, -0.1) is 0 Å². The average molecular weight is 258 g/mol. The Kier molecular flexibility index (Phi) is 3.79. The van der Waals surface area contributed by atoms with Gasteiger partial charge in [0.1, 0.15) is 0 Å². The number of likely N-dealkylation sites (tertiary alicyclic amines) is 1. The number of nitrogens with two attached hydrogens (primary N) is 1. The maximum atomic E-state index is 5.92. The molecule has 1 heterocycles. The smallest absolute Gasteiger partial charge is 0.0356 e. The second kappa shape index (κ2) is 5.54. The Morgan fingerprint density at radius 1 is 1.26 bits per heavy atom. The van der Waals surface area contributed by atoms with E-state index in [-0.39, 0.29) is 0 Å². The Bertz CT molecular complexity index is 439. The van der Waals surface area contributed by atoms with Crippen LogP contribution >= 0.6 is 0 Å². The van der Waals surface area contributed by atoms with Gasteiger partial charge in [-0.1, -0.05) is 25.8 Å². The second-order valence-electron chi connectivity index (χ2n) is 6.19. The maximum Gasteiger partial charge on any atom is 0.0356 e. The first-order valence-corrected chi connectivity index (χ1v) is 7.93. The van der Waals surface area contributed by atoms with E-state index in [9.17, 15) is 0 Å². The lowest BCUT2D eigenvalue weighted by molar-refractivity contribution is 0.0881. The number of benzene rings is 1. The van der Waals surface area contributed by atoms with E-state index in [1.54, 1.807) is 5.56 Å². The molecule has 104 valence electrons. The van der Waals surface area contributed by atoms with E-state index in [0.29, 0.717) is 6.04 Å². The van der Waals surface area contributed by atoms with Crippen LogP contribution in [0.2, 0.25) is 0 Å². The Hall–Kier alpha value is -1.02. The van der Waals surface area contributed by atoms with Gasteiger partial charge in [0.15, 0.2) is 0 Å². The summed E-state index contributed by atoms with van der Waals surface area (Å²) in [4.78, 5) is 2.80. The molecular formula is C17H26N2. The summed E-state index contributed by atoms with van der Waals surface area (Å²) in [5, 5.41) is 0. The lowest BCUT2D eigenvalue weighted by Gasteiger charge is -2.40. The lowest BCUT2D eigenvalue weighted by atomic mass is 9.94. The number of piperidine rings is 1. The standard InChI is InChI=1S/C17H26N2/c1-2-5-15-6-3-4-11-19(15)17-10-7-13-12-14(18)8-9-16(13)17/h8-9,12,15,17H,2-7,10-11,18H2,1H3. The molecule has 1 fully saturated rings. The van der Waals surface area contributed by atoms with Crippen LogP contribution in [-0.2, 0) is 6.42 Å². The molecule has 2 atom stereocenters. The van der Waals surface area contributed by atoms with Crippen LogP contribution in [-0.4, -0.2) is 17.5 Å². The molecule has 19 heavy (non-hydrogen) atoms. The molecule has 0 amide bonds. The van der Waals surface area contributed by atoms with Crippen molar-refractivity contribution >= 4 is 5.69 Å². The molecule has 1 aliphatic heterocycles. The summed E-state index contributed by atoms with van der Waals surface area (Å²) in [7, 11) is 0. The van der Waals surface area contributed by atoms with Gasteiger partial charge in [0.05, 0.1) is 0 Å². The molecule has 3 rings (SSSR count). The van der Waals surface area contributed by atoms with Crippen LogP contribution in [0.25, 0.3) is 0 Å². The SMILES string of the molecule is CCCC1CCCCN1C1CCc2cc(N)ccc21. The number of hydrogen-bond acceptors (Lipinski definition) is 2. The van der Waals surface area contributed by atoms with Gasteiger partial charge in [-0.05, 0) is 61.9 Å². The third-order valence-electron chi connectivity index (χ3n) is 4.91. The predicted molar refractivity (Wildman–Crippen MR) is 81.2 cm³/mol. The fourth-order valence-electron chi connectivity index (χ4n) is 4.04. The normalized spacial score (nSPS) is 27.4. The summed E-state index contributed by atoms with van der Waals surface area (Å²) in [5.74, 6) is 0. The van der Waals surface area contributed by atoms with Crippen molar-refractivity contribution in [1.82, 2.24) is 4.90 Å². The van der Waals surface area contributed by atoms with Gasteiger partial charge in [0, 0.05) is 17.8 Å². The zero-order valence-electron chi connectivity index (χ0n) is 12.1. The van der Waals surface area contributed by atoms with Crippen LogP contribution in [0.5, 0.6) is 0 Å². The van der Waals surface area contributed by atoms with Crippen molar-refractivity contribution in [2.45, 2.75) is 64.0 Å². The predicted octanol–water partition coefficient (Wildman–Crippen LogP) is 3.91. The molecule has 0 radical (unpaired) electrons. The van der Waals surface area contributed by atoms with E-state index in [0.717, 1.165) is 11.7 Å². The minimum Gasteiger partial charge on any atom is -0.399 e. The summed E-state index contributed by atoms with van der Waals surface area (Å²) in [6.07, 6.45) is 9.36. The summed E-state index contributed by atoms with van der Waals surface area (Å²) < 4.78 is 0. The molecule has 2 N–H and O–H groups in total. The molecule has 2 heteroatoms. The van der Waals surface area contributed by atoms with Crippen LogP contribution in [0.1, 0.15) is 62.6 Å². The van der Waals surface area contributed by atoms with E-state index in [1.165, 1.54) is 57.1 Å². The zero-order valence-corrected chi connectivity index (χ0v) is 12.1. The molecule has 0 aromatic heterocycles. The Balaban J connectivity index is 1.83. The summed E-state index contributed by atoms with van der Waals surface area (Å²) in [6, 6.07) is 8.02. The van der Waals surface area contributed by atoms with Crippen molar-refractivity contribution in [3.05, 3.63) is 29.3 Å². The molecule has 1 aliphatic carbocycles. The van der Waals surface area contributed by atoms with Crippen LogP contribution in [0.3, 0.4) is 0 Å². The highest BCUT2D eigenvalue weighted by molar-refractivity contribution is 5.47. The van der Waals surface area contributed by atoms with Crippen LogP contribution < -0.4 is 5.73 Å². The number of nitrogen functional groups attached to an aromatic ring is 1. The monoisotopic (exact) mass is 258 g/mol. The number of anilines is 1. The maximum absolute atomic E-state index is 5.92. The largest absolute Gasteiger partial charge is 0.399 e. The summed E-state index contributed by atoms with van der Waals surface area (Å²) in [5.41, 5.74) is 9.88. The highest BCUT2D eigenvalue weighted by atomic mass is 15.2. The Morgan fingerprint density at radius 3 is 3.00 bits per heavy atom. The number of rotatable bonds is 3. The average Bonchev–Trinajstić information content (AvgIpc) is 2.82. The lowest BCUT2D eigenvalue weighted by Crippen LogP contribution is -2.41. The quantitative estimate of drug-likeness (QED) is 0.833. The summed E-state index contributed by atoms with van der Waals surface area (Å²) >= 11 is 0. The van der Waals surface area contributed by atoms with E-state index >= 15 is 0 Å². The van der Waals surface area contributed by atoms with E-state index in [4.69, 9.17) is 5.73 Å². The third kappa shape index (κ3) is 2.51. The van der Waals surface area contributed by atoms with Gasteiger partial charge in [0.25, 0.3) is 0 Å². The van der Waals surface area contributed by atoms with Gasteiger partial charge in [-0.2, -0.15) is 0 Å². The molecule has 1 aromatic carbocycles. The van der Waals surface area contributed by atoms with Crippen molar-refractivity contribution in [3.63, 3.8) is 0 Å². The van der Waals surface area contributed by atoms with Crippen molar-refractivity contribution in [3.8, 4) is 0 Å². The molecule has 0 spiro atoms. The highest BCUT2D eigenvalue weighted by Crippen LogP contribution is 2.40. The minimum absolute atomic E-state index is 0.660. The molecule has 2 unspecified atom stereocenters. The number of aryl methyl sites for hydroxylation is 1. The molecule has 2 nitrogen and oxygen atoms in total. The van der Waals surface area contributed by atoms with E-state index < -0.39 is 0 Å². The molecule has 1 aromatic rings. The van der Waals surface area contributed by atoms with Crippen molar-refractivity contribution in [2.24, 2.45) is 0 Å². The first kappa shape index (κ1) is 13.0. The molecule has 2 aliphatic rings. The number of nitrogens with zero attached hydrogens (tertiary/aromatic N) is 1.